The summed E-state index contributed by atoms with van der Waals surface area (Å²) in [5, 5.41) is 2.94. The van der Waals surface area contributed by atoms with Crippen molar-refractivity contribution in [2.45, 2.75) is 32.8 Å². The van der Waals surface area contributed by atoms with E-state index in [-0.39, 0.29) is 17.7 Å². The van der Waals surface area contributed by atoms with E-state index in [0.717, 1.165) is 19.4 Å². The molecule has 1 aromatic rings. The molecule has 1 aliphatic heterocycles. The SMILES string of the molecule is CCNc1c(F)cccc1C(=O)N(CC)CC1CCCO1. The number of carbonyl (C=O) groups is 1. The predicted octanol–water partition coefficient (Wildman–Crippen LogP) is 2.90. The molecule has 0 radical (unpaired) electrons. The number of hydrogen-bond donors (Lipinski definition) is 1. The highest BCUT2D eigenvalue weighted by molar-refractivity contribution is 5.99. The van der Waals surface area contributed by atoms with Crippen molar-refractivity contribution < 1.29 is 13.9 Å². The van der Waals surface area contributed by atoms with Gasteiger partial charge in [-0.2, -0.15) is 0 Å². The van der Waals surface area contributed by atoms with Crippen LogP contribution in [0.4, 0.5) is 10.1 Å². The van der Waals surface area contributed by atoms with Gasteiger partial charge in [0.1, 0.15) is 5.82 Å². The molecular weight excluding hydrogens is 271 g/mol. The fraction of sp³-hybridized carbons (Fsp3) is 0.562. The number of carbonyl (C=O) groups excluding carboxylic acids is 1. The number of nitrogens with one attached hydrogen (secondary N) is 1. The van der Waals surface area contributed by atoms with Gasteiger partial charge >= 0.3 is 0 Å². The lowest BCUT2D eigenvalue weighted by Gasteiger charge is -2.25. The standard InChI is InChI=1S/C16H23FN2O2/c1-3-18-15-13(8-5-9-14(15)17)16(20)19(4-2)11-12-7-6-10-21-12/h5,8-9,12,18H,3-4,6-7,10-11H2,1-2H3. The molecule has 0 saturated carbocycles. The Hall–Kier alpha value is -1.62. The number of hydrogen-bond acceptors (Lipinski definition) is 3. The number of ether oxygens (including phenoxy) is 1. The molecule has 1 unspecified atom stereocenters. The fourth-order valence-corrected chi connectivity index (χ4v) is 2.62. The minimum absolute atomic E-state index is 0.102. The summed E-state index contributed by atoms with van der Waals surface area (Å²) in [5.41, 5.74) is 0.674. The summed E-state index contributed by atoms with van der Waals surface area (Å²) in [6.45, 7) is 6.29. The Balaban J connectivity index is 2.18. The largest absolute Gasteiger partial charge is 0.382 e. The van der Waals surface area contributed by atoms with E-state index in [1.54, 1.807) is 17.0 Å². The van der Waals surface area contributed by atoms with Crippen LogP contribution in [-0.4, -0.2) is 43.2 Å². The maximum Gasteiger partial charge on any atom is 0.256 e. The summed E-state index contributed by atoms with van der Waals surface area (Å²) in [4.78, 5) is 14.4. The molecule has 21 heavy (non-hydrogen) atoms. The third-order valence-corrected chi connectivity index (χ3v) is 3.71. The Kier molecular flexibility index (Phi) is 5.56. The first-order chi connectivity index (χ1) is 10.2. The van der Waals surface area contributed by atoms with Crippen LogP contribution in [0.3, 0.4) is 0 Å². The smallest absolute Gasteiger partial charge is 0.256 e. The first-order valence-corrected chi connectivity index (χ1v) is 7.60. The Labute approximate surface area is 125 Å². The summed E-state index contributed by atoms with van der Waals surface area (Å²) >= 11 is 0. The van der Waals surface area contributed by atoms with Crippen molar-refractivity contribution in [3.05, 3.63) is 29.6 Å². The molecule has 0 aliphatic carbocycles. The first-order valence-electron chi connectivity index (χ1n) is 7.60. The summed E-state index contributed by atoms with van der Waals surface area (Å²) in [6.07, 6.45) is 2.12. The van der Waals surface area contributed by atoms with E-state index in [2.05, 4.69) is 5.32 Å². The summed E-state index contributed by atoms with van der Waals surface area (Å²) in [6, 6.07) is 4.61. The fourth-order valence-electron chi connectivity index (χ4n) is 2.62. The second kappa shape index (κ2) is 7.41. The molecule has 1 atom stereocenters. The third kappa shape index (κ3) is 3.73. The molecule has 1 saturated heterocycles. The van der Waals surface area contributed by atoms with E-state index in [1.807, 2.05) is 13.8 Å². The molecular formula is C16H23FN2O2. The van der Waals surface area contributed by atoms with Crippen LogP contribution in [-0.2, 0) is 4.74 Å². The van der Waals surface area contributed by atoms with Crippen LogP contribution >= 0.6 is 0 Å². The predicted molar refractivity (Wildman–Crippen MR) is 81.1 cm³/mol. The molecule has 1 fully saturated rings. The van der Waals surface area contributed by atoms with E-state index in [9.17, 15) is 9.18 Å². The minimum atomic E-state index is -0.393. The Bertz CT molecular complexity index is 487. The lowest BCUT2D eigenvalue weighted by molar-refractivity contribution is 0.0539. The highest BCUT2D eigenvalue weighted by atomic mass is 19.1. The van der Waals surface area contributed by atoms with Crippen LogP contribution in [0.25, 0.3) is 0 Å². The summed E-state index contributed by atoms with van der Waals surface area (Å²) in [7, 11) is 0. The van der Waals surface area contributed by atoms with Gasteiger partial charge in [-0.05, 0) is 38.8 Å². The van der Waals surface area contributed by atoms with Gasteiger partial charge in [-0.1, -0.05) is 6.07 Å². The molecule has 1 N–H and O–H groups in total. The number of para-hydroxylation sites is 1. The van der Waals surface area contributed by atoms with Crippen LogP contribution < -0.4 is 5.32 Å². The van der Waals surface area contributed by atoms with Gasteiger partial charge in [0.05, 0.1) is 17.4 Å². The lowest BCUT2D eigenvalue weighted by Crippen LogP contribution is -2.37. The molecule has 4 nitrogen and oxygen atoms in total. The quantitative estimate of drug-likeness (QED) is 0.877. The summed E-state index contributed by atoms with van der Waals surface area (Å²) < 4.78 is 19.5. The zero-order chi connectivity index (χ0) is 15.2. The van der Waals surface area contributed by atoms with Crippen LogP contribution in [0.2, 0.25) is 0 Å². The van der Waals surface area contributed by atoms with Crippen LogP contribution in [0.5, 0.6) is 0 Å². The number of likely N-dealkylation sites (N-methyl/N-ethyl adjacent to an activating group) is 1. The van der Waals surface area contributed by atoms with E-state index in [4.69, 9.17) is 4.74 Å². The Morgan fingerprint density at radius 2 is 2.29 bits per heavy atom. The van der Waals surface area contributed by atoms with Crippen LogP contribution in [0.15, 0.2) is 18.2 Å². The van der Waals surface area contributed by atoms with Crippen molar-refractivity contribution in [1.82, 2.24) is 4.90 Å². The number of benzene rings is 1. The van der Waals surface area contributed by atoms with Crippen molar-refractivity contribution in [1.29, 1.82) is 0 Å². The molecule has 0 bridgehead atoms. The van der Waals surface area contributed by atoms with Crippen LogP contribution in [0, 0.1) is 5.82 Å². The molecule has 1 aliphatic rings. The molecule has 116 valence electrons. The lowest BCUT2D eigenvalue weighted by atomic mass is 10.1. The number of anilines is 1. The van der Waals surface area contributed by atoms with Gasteiger partial charge in [0, 0.05) is 26.2 Å². The molecule has 0 spiro atoms. The molecule has 1 heterocycles. The highest BCUT2D eigenvalue weighted by Crippen LogP contribution is 2.22. The average molecular weight is 294 g/mol. The van der Waals surface area contributed by atoms with Crippen LogP contribution in [0.1, 0.15) is 37.0 Å². The zero-order valence-electron chi connectivity index (χ0n) is 12.7. The Morgan fingerprint density at radius 3 is 2.90 bits per heavy atom. The molecule has 2 rings (SSSR count). The van der Waals surface area contributed by atoms with Gasteiger partial charge in [-0.15, -0.1) is 0 Å². The average Bonchev–Trinajstić information content (AvgIpc) is 2.99. The minimum Gasteiger partial charge on any atom is -0.382 e. The van der Waals surface area contributed by atoms with Crippen molar-refractivity contribution in [3.63, 3.8) is 0 Å². The second-order valence-corrected chi connectivity index (χ2v) is 5.17. The van der Waals surface area contributed by atoms with Gasteiger partial charge in [0.25, 0.3) is 5.91 Å². The zero-order valence-corrected chi connectivity index (χ0v) is 12.7. The third-order valence-electron chi connectivity index (χ3n) is 3.71. The van der Waals surface area contributed by atoms with Gasteiger partial charge in [0.2, 0.25) is 0 Å². The molecule has 5 heteroatoms. The normalized spacial score (nSPS) is 17.8. The maximum atomic E-state index is 13.9. The van der Waals surface area contributed by atoms with E-state index in [1.165, 1.54) is 6.07 Å². The van der Waals surface area contributed by atoms with Gasteiger partial charge in [-0.3, -0.25) is 4.79 Å². The van der Waals surface area contributed by atoms with E-state index in [0.29, 0.717) is 25.2 Å². The molecule has 1 aromatic carbocycles. The van der Waals surface area contributed by atoms with Gasteiger partial charge < -0.3 is 15.0 Å². The number of amides is 1. The number of halogens is 1. The number of nitrogens with zero attached hydrogens (tertiary/aromatic N) is 1. The van der Waals surface area contributed by atoms with E-state index < -0.39 is 5.82 Å². The van der Waals surface area contributed by atoms with Crippen molar-refractivity contribution in [3.8, 4) is 0 Å². The summed E-state index contributed by atoms with van der Waals surface area (Å²) in [5.74, 6) is -0.542. The van der Waals surface area contributed by atoms with Gasteiger partial charge in [-0.25, -0.2) is 4.39 Å². The van der Waals surface area contributed by atoms with Crippen molar-refractivity contribution in [2.24, 2.45) is 0 Å². The monoisotopic (exact) mass is 294 g/mol. The van der Waals surface area contributed by atoms with Crippen molar-refractivity contribution in [2.75, 3.05) is 31.6 Å². The maximum absolute atomic E-state index is 13.9. The highest BCUT2D eigenvalue weighted by Gasteiger charge is 2.24. The molecule has 0 aromatic heterocycles. The van der Waals surface area contributed by atoms with Crippen molar-refractivity contribution >= 4 is 11.6 Å². The number of rotatable bonds is 6. The first kappa shape index (κ1) is 15.8. The second-order valence-electron chi connectivity index (χ2n) is 5.17. The van der Waals surface area contributed by atoms with Gasteiger partial charge in [0.15, 0.2) is 0 Å². The van der Waals surface area contributed by atoms with E-state index >= 15 is 0 Å². The molecule has 1 amide bonds. The Morgan fingerprint density at radius 1 is 1.48 bits per heavy atom. The topological polar surface area (TPSA) is 41.6 Å².